The Bertz CT molecular complexity index is 5790. The van der Waals surface area contributed by atoms with Gasteiger partial charge in [-0.3, -0.25) is 0 Å². The van der Waals surface area contributed by atoms with E-state index in [0.717, 1.165) is 71.2 Å². The Kier molecular flexibility index (Phi) is 38.3. The number of ether oxygens (including phenoxy) is 8. The molecule has 4 aliphatic carbocycles. The molecular weight excluding hydrogens is 2330 g/mol. The molecule has 32 nitrogen and oxygen atoms in total. The minimum absolute atomic E-state index is 0. The van der Waals surface area contributed by atoms with Gasteiger partial charge in [0.25, 0.3) is 0 Å². The van der Waals surface area contributed by atoms with Crippen molar-refractivity contribution in [3.63, 3.8) is 0 Å². The van der Waals surface area contributed by atoms with Crippen LogP contribution < -0.4 is 0 Å². The molecule has 52 heteroatoms. The van der Waals surface area contributed by atoms with Crippen LogP contribution in [-0.2, 0) is 194 Å². The van der Waals surface area contributed by atoms with Gasteiger partial charge >= 0.3 is 112 Å². The van der Waals surface area contributed by atoms with Crippen molar-refractivity contribution in [3.05, 3.63) is 260 Å². The topological polar surface area (TPSA) is 453 Å². The van der Waals surface area contributed by atoms with E-state index in [2.05, 4.69) is 182 Å². The molecule has 0 fully saturated rings. The number of alkyl halides is 12. The summed E-state index contributed by atoms with van der Waals surface area (Å²) < 4.78 is 283. The van der Waals surface area contributed by atoms with Gasteiger partial charge in [0.1, 0.15) is 121 Å². The van der Waals surface area contributed by atoms with Gasteiger partial charge < -0.3 is 56.1 Å². The number of rotatable bonds is 12. The Balaban J connectivity index is 0.000000188. The Morgan fingerprint density at radius 1 is 0.257 bits per heavy atom. The van der Waals surface area contributed by atoms with Crippen molar-refractivity contribution in [2.24, 2.45) is 63.6 Å². The van der Waals surface area contributed by atoms with E-state index < -0.39 is 62.5 Å². The SMILES string of the molecule is CC(C)[C@H]1COC(c2cccc(C3=N[C@@H](C(C)C)CO3)n2)=N1.CC(C)[C@H]1COC(c2cccc(C3=N[C@@H](C(C)C)CO3)n2)=N1.O=S(=O)([O-])C(F)(F)F.O=S(=O)([O-])C(F)(F)F.O=S(=O)([O-])C(F)(F)F.O=S(=O)([O-])C(F)(F)F.[Ag+].[Ag+].[Ag+].[Ag+].c1cc(C2=N[C@H]3c4ccccc4C[C@H]3O2)nc(C2=N[C@H]3c4ccccc4C[C@H]3O2)c1.c1cc(C2=N[C@H]3c4ccccc4C[C@H]3O2)nc(C2=N[C@H]3c4ccccc4C[C@H]3O2)c1. The zero-order valence-corrected chi connectivity index (χ0v) is 83.2. The molecule has 8 aliphatic heterocycles. The maximum atomic E-state index is 10.7. The van der Waals surface area contributed by atoms with Gasteiger partial charge in [0, 0.05) is 25.7 Å². The molecule has 12 aliphatic rings. The molecule has 20 rings (SSSR count). The normalized spacial score (nSPS) is 22.5. The summed E-state index contributed by atoms with van der Waals surface area (Å²) in [4.78, 5) is 56.8. The van der Waals surface area contributed by atoms with Crippen LogP contribution in [0.3, 0.4) is 0 Å². The maximum Gasteiger partial charge on any atom is 1.00 e. The molecule has 0 bridgehead atoms. The summed E-state index contributed by atoms with van der Waals surface area (Å²) in [5, 5.41) is 0. The smallest absolute Gasteiger partial charge is 0.741 e. The average Bonchev–Trinajstić information content (AvgIpc) is 1.62. The van der Waals surface area contributed by atoms with Gasteiger partial charge in [-0.15, -0.1) is 0 Å². The zero-order chi connectivity index (χ0) is 98.7. The molecule has 768 valence electrons. The summed E-state index contributed by atoms with van der Waals surface area (Å²) in [5.41, 5.74) is -6.23. The number of halogens is 12. The average molecular weight is 2420 g/mol. The first kappa shape index (κ1) is 115. The minimum Gasteiger partial charge on any atom is -0.741 e. The van der Waals surface area contributed by atoms with Gasteiger partial charge in [-0.25, -0.2) is 93.5 Å². The van der Waals surface area contributed by atoms with Gasteiger partial charge in [-0.05, 0) is 117 Å². The molecular formula is C88H84Ag4F12N12O20S4. The van der Waals surface area contributed by atoms with Gasteiger partial charge in [0.15, 0.2) is 40.5 Å². The van der Waals surface area contributed by atoms with Crippen LogP contribution >= 0.6 is 0 Å². The van der Waals surface area contributed by atoms with Crippen LogP contribution in [-0.4, -0.2) is 216 Å². The predicted octanol–water partition coefficient (Wildman–Crippen LogP) is 13.5. The molecule has 140 heavy (non-hydrogen) atoms. The van der Waals surface area contributed by atoms with Crippen LogP contribution in [0.25, 0.3) is 0 Å². The fourth-order valence-electron chi connectivity index (χ4n) is 15.1. The number of nitrogens with zero attached hydrogens (tertiary/aromatic N) is 12. The first-order valence-electron chi connectivity index (χ1n) is 41.9. The molecule has 12 atom stereocenters. The van der Waals surface area contributed by atoms with Crippen LogP contribution in [0.1, 0.15) is 170 Å². The van der Waals surface area contributed by atoms with Crippen LogP contribution in [0.5, 0.6) is 0 Å². The molecule has 0 unspecified atom stereocenters. The van der Waals surface area contributed by atoms with Crippen molar-refractivity contribution in [2.45, 2.75) is 176 Å². The minimum atomic E-state index is -6.09. The first-order chi connectivity index (χ1) is 63.7. The number of aromatic nitrogens is 4. The zero-order valence-electron chi connectivity index (χ0n) is 74.0. The summed E-state index contributed by atoms with van der Waals surface area (Å²) in [6.45, 7) is 19.7. The fraction of sp³-hybridized carbons (Fsp3) is 0.409. The van der Waals surface area contributed by atoms with E-state index in [1.807, 2.05) is 72.8 Å². The van der Waals surface area contributed by atoms with Crippen LogP contribution in [0.4, 0.5) is 52.7 Å². The first-order valence-corrected chi connectivity index (χ1v) is 47.5. The van der Waals surface area contributed by atoms with Gasteiger partial charge in [0.2, 0.25) is 47.2 Å². The second kappa shape index (κ2) is 46.8. The van der Waals surface area contributed by atoms with Crippen molar-refractivity contribution in [3.8, 4) is 0 Å². The third-order valence-corrected chi connectivity index (χ3v) is 24.6. The Hall–Kier alpha value is -9.00. The molecule has 4 aromatic carbocycles. The van der Waals surface area contributed by atoms with Crippen molar-refractivity contribution < 1.29 is 232 Å². The van der Waals surface area contributed by atoms with E-state index in [9.17, 15) is 52.7 Å². The van der Waals surface area contributed by atoms with Crippen LogP contribution in [0.15, 0.2) is 210 Å². The van der Waals surface area contributed by atoms with Gasteiger partial charge in [0.05, 0.1) is 24.2 Å². The van der Waals surface area contributed by atoms with E-state index in [-0.39, 0.29) is 162 Å². The second-order valence-electron chi connectivity index (χ2n) is 33.2. The van der Waals surface area contributed by atoms with Crippen molar-refractivity contribution in [1.82, 2.24) is 19.9 Å². The number of hydrogen-bond donors (Lipinski definition) is 0. The summed E-state index contributed by atoms with van der Waals surface area (Å²) in [6.07, 6.45) is 3.85. The number of fused-ring (bicyclic) bond motifs is 12. The molecule has 4 aromatic heterocycles. The molecule has 0 saturated carbocycles. The van der Waals surface area contributed by atoms with E-state index in [0.29, 0.717) is 97.3 Å². The standard InChI is InChI=1S/2C25H19N3O2.2C17H23N3O2.4CHF3O3S.4Ag/c2*1-3-8-16-14(6-1)12-20-22(16)27-24(29-20)18-10-5-11-19(26-18)25-28-23-17-9-4-2-7-15(17)13-21(23)30-25;2*1-10(2)14-8-21-16(19-14)12-6-5-7-13(18-12)17-20-15(9-22-17)11(3)4;4*2-1(3,4)8(5,6)7;;;;/h2*1-11,20-23H,12-13H2;2*5-7,10-11,14-15H,8-9H2,1-4H3;4*(H,5,6,7);;;;/q;;;;;;;;4*+1/p-4/t2*20-,21-,22+,23+;2*14-,15-;;;;;;;;/m1111......../s1. The van der Waals surface area contributed by atoms with Crippen molar-refractivity contribution in [1.29, 1.82) is 0 Å². The van der Waals surface area contributed by atoms with Gasteiger partial charge in [-0.2, -0.15) is 52.7 Å². The van der Waals surface area contributed by atoms with E-state index >= 15 is 0 Å². The molecule has 0 spiro atoms. The van der Waals surface area contributed by atoms with Crippen molar-refractivity contribution >= 4 is 87.7 Å². The third kappa shape index (κ3) is 27.9. The summed E-state index contributed by atoms with van der Waals surface area (Å²) >= 11 is 0. The molecule has 12 heterocycles. The van der Waals surface area contributed by atoms with Crippen LogP contribution in [0, 0.1) is 23.7 Å². The largest absolute Gasteiger partial charge is 1.00 e. The molecule has 0 saturated heterocycles. The Labute approximate surface area is 858 Å². The molecule has 0 amide bonds. The summed E-state index contributed by atoms with van der Waals surface area (Å²) in [7, 11) is -24.4. The molecule has 8 aromatic rings. The third-order valence-electron chi connectivity index (χ3n) is 22.3. The number of pyridine rings is 4. The molecule has 0 N–H and O–H groups in total. The van der Waals surface area contributed by atoms with E-state index in [4.69, 9.17) is 120 Å². The van der Waals surface area contributed by atoms with Gasteiger partial charge in [-0.1, -0.05) is 177 Å². The summed E-state index contributed by atoms with van der Waals surface area (Å²) in [5.74, 6) is 6.83. The quantitative estimate of drug-likeness (QED) is 0.0474. The predicted molar refractivity (Wildman–Crippen MR) is 462 cm³/mol. The Morgan fingerprint density at radius 3 is 0.564 bits per heavy atom. The number of benzene rings is 4. The monoisotopic (exact) mass is 2410 g/mol. The van der Waals surface area contributed by atoms with Crippen molar-refractivity contribution in [2.75, 3.05) is 26.4 Å². The number of hydrogen-bond acceptors (Lipinski definition) is 32. The number of aliphatic imine (C=N–C) groups is 8. The second-order valence-corrected chi connectivity index (χ2v) is 38.7. The Morgan fingerprint density at radius 2 is 0.414 bits per heavy atom. The summed E-state index contributed by atoms with van der Waals surface area (Å²) in [6, 6.07) is 58.2. The fourth-order valence-corrected chi connectivity index (χ4v) is 15.1. The van der Waals surface area contributed by atoms with E-state index in [1.165, 1.54) is 44.5 Å². The van der Waals surface area contributed by atoms with Crippen LogP contribution in [0.2, 0.25) is 0 Å². The molecule has 0 radical (unpaired) electrons. The van der Waals surface area contributed by atoms with E-state index in [1.54, 1.807) is 0 Å². The maximum absolute atomic E-state index is 10.7.